The molecule has 0 spiro atoms. The van der Waals surface area contributed by atoms with E-state index < -0.39 is 16.9 Å². The van der Waals surface area contributed by atoms with Gasteiger partial charge >= 0.3 is 0 Å². The van der Waals surface area contributed by atoms with E-state index in [9.17, 15) is 13.6 Å². The molecule has 0 bridgehead atoms. The Morgan fingerprint density at radius 1 is 1.20 bits per heavy atom. The average molecular weight is 220 g/mol. The summed E-state index contributed by atoms with van der Waals surface area (Å²) >= 11 is -2.43. The van der Waals surface area contributed by atoms with Gasteiger partial charge in [0, 0.05) is 16.0 Å². The zero-order chi connectivity index (χ0) is 11.0. The second-order valence-electron chi connectivity index (χ2n) is 3.03. The number of benzene rings is 1. The van der Waals surface area contributed by atoms with E-state index in [-0.39, 0.29) is 16.2 Å². The van der Waals surface area contributed by atoms with Crippen LogP contribution in [0.1, 0.15) is 15.9 Å². The lowest BCUT2D eigenvalue weighted by atomic mass is 9.95. The summed E-state index contributed by atoms with van der Waals surface area (Å²) in [6.45, 7) is 0. The topological polar surface area (TPSA) is 81.1 Å². The van der Waals surface area contributed by atoms with Crippen LogP contribution in [0.5, 0.6) is 0 Å². The van der Waals surface area contributed by atoms with E-state index in [2.05, 4.69) is 0 Å². The van der Waals surface area contributed by atoms with E-state index in [0.717, 1.165) is 6.08 Å². The fourth-order valence-corrected chi connectivity index (χ4v) is 2.02. The van der Waals surface area contributed by atoms with E-state index in [1.165, 1.54) is 6.07 Å². The fourth-order valence-electron chi connectivity index (χ4n) is 1.45. The third-order valence-electron chi connectivity index (χ3n) is 2.14. The molecule has 0 saturated carbocycles. The SMILES string of the molecule is N=C1C=C(S(=O)[O-])c2ccccc2C1=O. The predicted molar refractivity (Wildman–Crippen MR) is 55.4 cm³/mol. The van der Waals surface area contributed by atoms with Crippen LogP contribution in [-0.4, -0.2) is 20.3 Å². The monoisotopic (exact) mass is 220 g/mol. The van der Waals surface area contributed by atoms with Crippen molar-refractivity contribution in [2.24, 2.45) is 0 Å². The number of hydrogen-bond donors (Lipinski definition) is 1. The molecule has 0 aliphatic heterocycles. The van der Waals surface area contributed by atoms with E-state index >= 15 is 0 Å². The summed E-state index contributed by atoms with van der Waals surface area (Å²) in [6, 6.07) is 6.37. The van der Waals surface area contributed by atoms with Gasteiger partial charge in [0.1, 0.15) is 5.71 Å². The van der Waals surface area contributed by atoms with Crippen LogP contribution in [0, 0.1) is 5.41 Å². The van der Waals surface area contributed by atoms with Gasteiger partial charge in [0.05, 0.1) is 0 Å². The lowest BCUT2D eigenvalue weighted by Crippen LogP contribution is -2.19. The zero-order valence-corrected chi connectivity index (χ0v) is 8.34. The van der Waals surface area contributed by atoms with Gasteiger partial charge in [-0.25, -0.2) is 0 Å². The molecule has 76 valence electrons. The number of fused-ring (bicyclic) bond motifs is 1. The van der Waals surface area contributed by atoms with Gasteiger partial charge in [0.25, 0.3) is 0 Å². The molecule has 4 nitrogen and oxygen atoms in total. The Labute approximate surface area is 88.4 Å². The molecule has 2 rings (SSSR count). The molecule has 1 unspecified atom stereocenters. The summed E-state index contributed by atoms with van der Waals surface area (Å²) in [4.78, 5) is 11.5. The minimum atomic E-state index is -2.43. The number of hydrogen-bond acceptors (Lipinski definition) is 4. The number of allylic oxidation sites excluding steroid dienone is 1. The van der Waals surface area contributed by atoms with Crippen molar-refractivity contribution in [2.45, 2.75) is 0 Å². The number of Topliss-reactive ketones (excluding diaryl/α,β-unsaturated/α-hetero) is 1. The van der Waals surface area contributed by atoms with Crippen LogP contribution in [0.4, 0.5) is 0 Å². The van der Waals surface area contributed by atoms with E-state index in [1.807, 2.05) is 0 Å². The molecule has 1 aliphatic rings. The third-order valence-corrected chi connectivity index (χ3v) is 2.83. The number of rotatable bonds is 1. The van der Waals surface area contributed by atoms with E-state index in [4.69, 9.17) is 5.41 Å². The summed E-state index contributed by atoms with van der Waals surface area (Å²) in [5.74, 6) is -0.445. The Bertz CT molecular complexity index is 519. The summed E-state index contributed by atoms with van der Waals surface area (Å²) in [5.41, 5.74) is 0.337. The molecule has 1 N–H and O–H groups in total. The molecule has 0 fully saturated rings. The summed E-state index contributed by atoms with van der Waals surface area (Å²) in [5, 5.41) is 7.35. The van der Waals surface area contributed by atoms with Gasteiger partial charge in [0.15, 0.2) is 0 Å². The highest BCUT2D eigenvalue weighted by Gasteiger charge is 2.22. The van der Waals surface area contributed by atoms with Crippen molar-refractivity contribution in [3.05, 3.63) is 41.5 Å². The molecule has 0 saturated heterocycles. The minimum Gasteiger partial charge on any atom is -0.768 e. The Balaban J connectivity index is 2.71. The molecule has 1 atom stereocenters. The molecular formula is C10H6NO3S-. The van der Waals surface area contributed by atoms with Crippen LogP contribution >= 0.6 is 0 Å². The maximum atomic E-state index is 11.5. The average Bonchev–Trinajstić information content (AvgIpc) is 2.23. The summed E-state index contributed by atoms with van der Waals surface area (Å²) < 4.78 is 21.8. The predicted octanol–water partition coefficient (Wildman–Crippen LogP) is 1.12. The first kappa shape index (κ1) is 9.95. The van der Waals surface area contributed by atoms with E-state index in [0.29, 0.717) is 5.56 Å². The Morgan fingerprint density at radius 2 is 1.80 bits per heavy atom. The first-order chi connectivity index (χ1) is 7.11. The molecule has 0 heterocycles. The first-order valence-corrected chi connectivity index (χ1v) is 5.22. The normalized spacial score (nSPS) is 17.0. The smallest absolute Gasteiger partial charge is 0.211 e. The van der Waals surface area contributed by atoms with Crippen molar-refractivity contribution < 1.29 is 13.6 Å². The molecule has 1 aromatic rings. The van der Waals surface area contributed by atoms with Crippen LogP contribution < -0.4 is 0 Å². The number of nitrogens with one attached hydrogen (secondary N) is 1. The highest BCUT2D eigenvalue weighted by atomic mass is 32.2. The van der Waals surface area contributed by atoms with Crippen molar-refractivity contribution in [3.8, 4) is 0 Å². The lowest BCUT2D eigenvalue weighted by Gasteiger charge is -2.18. The van der Waals surface area contributed by atoms with Crippen LogP contribution in [0.15, 0.2) is 30.3 Å². The van der Waals surface area contributed by atoms with Gasteiger partial charge in [-0.1, -0.05) is 24.3 Å². The second-order valence-corrected chi connectivity index (χ2v) is 3.94. The van der Waals surface area contributed by atoms with Crippen molar-refractivity contribution in [3.63, 3.8) is 0 Å². The van der Waals surface area contributed by atoms with Crippen LogP contribution in [-0.2, 0) is 11.1 Å². The highest BCUT2D eigenvalue weighted by Crippen LogP contribution is 2.26. The molecule has 15 heavy (non-hydrogen) atoms. The number of carbonyl (C=O) groups excluding carboxylic acids is 1. The number of ketones is 1. The van der Waals surface area contributed by atoms with Crippen molar-refractivity contribution in [1.29, 1.82) is 5.41 Å². The van der Waals surface area contributed by atoms with Gasteiger partial charge in [-0.15, -0.1) is 0 Å². The van der Waals surface area contributed by atoms with Crippen molar-refractivity contribution in [2.75, 3.05) is 0 Å². The maximum Gasteiger partial charge on any atom is 0.211 e. The molecule has 5 heteroatoms. The molecule has 0 amide bonds. The molecule has 0 aromatic heterocycles. The molecule has 1 aliphatic carbocycles. The van der Waals surface area contributed by atoms with Crippen LogP contribution in [0.25, 0.3) is 4.91 Å². The fraction of sp³-hybridized carbons (Fsp3) is 0. The highest BCUT2D eigenvalue weighted by molar-refractivity contribution is 7.89. The van der Waals surface area contributed by atoms with Crippen LogP contribution in [0.3, 0.4) is 0 Å². The molecule has 1 aromatic carbocycles. The van der Waals surface area contributed by atoms with Crippen molar-refractivity contribution >= 4 is 27.5 Å². The zero-order valence-electron chi connectivity index (χ0n) is 7.52. The summed E-state index contributed by atoms with van der Waals surface area (Å²) in [7, 11) is 0. The standard InChI is InChI=1S/C10H7NO3S/c11-8-5-9(15(13)14)6-3-1-2-4-7(6)10(8)12/h1-5,11H,(H,13,14)/p-1. The van der Waals surface area contributed by atoms with E-state index in [1.54, 1.807) is 18.2 Å². The summed E-state index contributed by atoms with van der Waals surface area (Å²) in [6.07, 6.45) is 1.08. The largest absolute Gasteiger partial charge is 0.768 e. The van der Waals surface area contributed by atoms with Gasteiger partial charge in [-0.2, -0.15) is 0 Å². The Hall–Kier alpha value is -1.59. The maximum absolute atomic E-state index is 11.5. The second kappa shape index (κ2) is 3.52. The quantitative estimate of drug-likeness (QED) is 0.720. The first-order valence-electron chi connectivity index (χ1n) is 4.15. The number of carbonyl (C=O) groups is 1. The third kappa shape index (κ3) is 1.55. The minimum absolute atomic E-state index is 0.00444. The Kier molecular flexibility index (Phi) is 2.34. The van der Waals surface area contributed by atoms with Gasteiger partial charge in [0.2, 0.25) is 5.78 Å². The van der Waals surface area contributed by atoms with Gasteiger partial charge < -0.3 is 4.55 Å². The Morgan fingerprint density at radius 3 is 2.40 bits per heavy atom. The van der Waals surface area contributed by atoms with Gasteiger partial charge in [-0.05, 0) is 17.2 Å². The lowest BCUT2D eigenvalue weighted by molar-refractivity contribution is 0.106. The molecule has 0 radical (unpaired) electrons. The van der Waals surface area contributed by atoms with Crippen molar-refractivity contribution in [1.82, 2.24) is 0 Å². The van der Waals surface area contributed by atoms with Gasteiger partial charge in [-0.3, -0.25) is 14.4 Å². The molecular weight excluding hydrogens is 214 g/mol. The van der Waals surface area contributed by atoms with Crippen LogP contribution in [0.2, 0.25) is 0 Å².